The van der Waals surface area contributed by atoms with Gasteiger partial charge in [0.15, 0.2) is 12.4 Å². The van der Waals surface area contributed by atoms with Crippen molar-refractivity contribution < 1.29 is 49.3 Å². The summed E-state index contributed by atoms with van der Waals surface area (Å²) >= 11 is 0. The van der Waals surface area contributed by atoms with E-state index in [4.69, 9.17) is 14.2 Å². The monoisotopic (exact) mass is 1040 g/mol. The molecule has 1 amide bonds. The third-order valence-corrected chi connectivity index (χ3v) is 13.6. The van der Waals surface area contributed by atoms with Crippen LogP contribution in [0.2, 0.25) is 0 Å². The number of aliphatic hydroxyl groups is 5. The molecule has 0 spiro atoms. The minimum atomic E-state index is -1.63. The summed E-state index contributed by atoms with van der Waals surface area (Å²) < 4.78 is 17.6. The van der Waals surface area contributed by atoms with E-state index in [1.807, 2.05) is 6.08 Å². The Balaban J connectivity index is 2.67. The van der Waals surface area contributed by atoms with E-state index in [9.17, 15) is 35.1 Å². The van der Waals surface area contributed by atoms with Gasteiger partial charge in [-0.05, 0) is 77.0 Å². The number of hydrogen-bond donors (Lipinski definition) is 6. The van der Waals surface area contributed by atoms with Crippen LogP contribution in [0.1, 0.15) is 239 Å². The number of hydrogen-bond acceptors (Lipinski definition) is 10. The van der Waals surface area contributed by atoms with Crippen molar-refractivity contribution in [1.82, 2.24) is 5.32 Å². The number of rotatable bonds is 49. The van der Waals surface area contributed by atoms with Crippen molar-refractivity contribution in [2.75, 3.05) is 13.2 Å². The Bertz CT molecular complexity index is 1520. The SMILES string of the molecule is CC/C=C\C/C=C\C/C=C\C/C=C\C/C=C\C/C=C\CCCCCCC(=O)OC1C(OCC(NC(=O)C(O)CCCCCCCCCCCC)C(O)/C=C/CCCCCCCCCCCC)OC(CO)C(O)C1O. The van der Waals surface area contributed by atoms with Crippen molar-refractivity contribution >= 4 is 11.9 Å². The van der Waals surface area contributed by atoms with Crippen molar-refractivity contribution in [3.05, 3.63) is 85.1 Å². The Hall–Kier alpha value is -3.16. The zero-order valence-electron chi connectivity index (χ0n) is 46.9. The van der Waals surface area contributed by atoms with Crippen LogP contribution in [0, 0.1) is 0 Å². The van der Waals surface area contributed by atoms with E-state index < -0.39 is 67.4 Å². The molecule has 0 saturated carbocycles. The summed E-state index contributed by atoms with van der Waals surface area (Å²) in [6.45, 7) is 5.63. The summed E-state index contributed by atoms with van der Waals surface area (Å²) in [4.78, 5) is 26.4. The van der Waals surface area contributed by atoms with Gasteiger partial charge in [-0.2, -0.15) is 0 Å². The molecular formula is C63H109NO10. The zero-order valence-corrected chi connectivity index (χ0v) is 46.9. The Labute approximate surface area is 451 Å². The van der Waals surface area contributed by atoms with Gasteiger partial charge in [0.1, 0.15) is 24.4 Å². The van der Waals surface area contributed by atoms with Crippen LogP contribution in [0.4, 0.5) is 0 Å². The normalized spacial score (nSPS) is 19.9. The van der Waals surface area contributed by atoms with E-state index in [0.717, 1.165) is 103 Å². The Kier molecular flexibility index (Phi) is 47.1. The van der Waals surface area contributed by atoms with Crippen molar-refractivity contribution in [2.24, 2.45) is 0 Å². The van der Waals surface area contributed by atoms with Crippen molar-refractivity contribution in [1.29, 1.82) is 0 Å². The van der Waals surface area contributed by atoms with E-state index >= 15 is 0 Å². The van der Waals surface area contributed by atoms with Crippen LogP contribution < -0.4 is 5.32 Å². The van der Waals surface area contributed by atoms with Gasteiger partial charge in [0.25, 0.3) is 0 Å². The van der Waals surface area contributed by atoms with E-state index in [1.54, 1.807) is 6.08 Å². The molecule has 0 aromatic heterocycles. The molecular weight excluding hydrogens is 931 g/mol. The number of carbonyl (C=O) groups is 2. The number of unbranched alkanes of at least 4 members (excludes halogenated alkanes) is 23. The molecule has 1 rings (SSSR count). The van der Waals surface area contributed by atoms with Gasteiger partial charge in [-0.1, -0.05) is 241 Å². The van der Waals surface area contributed by atoms with Gasteiger partial charge in [0, 0.05) is 6.42 Å². The molecule has 0 aliphatic carbocycles. The van der Waals surface area contributed by atoms with Crippen molar-refractivity contribution in [3.63, 3.8) is 0 Å². The van der Waals surface area contributed by atoms with Gasteiger partial charge < -0.3 is 45.1 Å². The van der Waals surface area contributed by atoms with Gasteiger partial charge >= 0.3 is 5.97 Å². The average molecular weight is 1040 g/mol. The van der Waals surface area contributed by atoms with Crippen LogP contribution in [-0.4, -0.2) is 99.6 Å². The third kappa shape index (κ3) is 38.4. The van der Waals surface area contributed by atoms with Crippen LogP contribution >= 0.6 is 0 Å². The van der Waals surface area contributed by atoms with Gasteiger partial charge in [0.05, 0.1) is 25.4 Å². The summed E-state index contributed by atoms with van der Waals surface area (Å²) in [6.07, 6.45) is 54.8. The maximum atomic E-state index is 13.3. The van der Waals surface area contributed by atoms with E-state index in [0.29, 0.717) is 12.8 Å². The molecule has 1 aliphatic rings. The van der Waals surface area contributed by atoms with Crippen LogP contribution in [0.3, 0.4) is 0 Å². The molecule has 0 aromatic rings. The first kappa shape index (κ1) is 68.9. The lowest BCUT2D eigenvalue weighted by atomic mass is 9.99. The minimum Gasteiger partial charge on any atom is -0.454 e. The third-order valence-electron chi connectivity index (χ3n) is 13.6. The number of ether oxygens (including phenoxy) is 3. The summed E-state index contributed by atoms with van der Waals surface area (Å²) in [6, 6.07) is -1.03. The summed E-state index contributed by atoms with van der Waals surface area (Å²) in [5, 5.41) is 56.8. The molecule has 8 atom stereocenters. The molecule has 11 nitrogen and oxygen atoms in total. The zero-order chi connectivity index (χ0) is 54.0. The molecule has 1 saturated heterocycles. The number of allylic oxidation sites excluding steroid dienone is 13. The highest BCUT2D eigenvalue weighted by Gasteiger charge is 2.47. The van der Waals surface area contributed by atoms with Crippen LogP contribution in [0.25, 0.3) is 0 Å². The number of carbonyl (C=O) groups excluding carboxylic acids is 2. The predicted octanol–water partition coefficient (Wildman–Crippen LogP) is 13.8. The molecule has 426 valence electrons. The summed E-state index contributed by atoms with van der Waals surface area (Å²) in [5.41, 5.74) is 0. The quantitative estimate of drug-likeness (QED) is 0.0195. The van der Waals surface area contributed by atoms with Crippen molar-refractivity contribution in [2.45, 2.75) is 288 Å². The molecule has 0 aromatic carbocycles. The Morgan fingerprint density at radius 3 is 1.46 bits per heavy atom. The second kappa shape index (κ2) is 50.6. The predicted molar refractivity (Wildman–Crippen MR) is 306 cm³/mol. The maximum absolute atomic E-state index is 13.3. The second-order valence-electron chi connectivity index (χ2n) is 20.4. The lowest BCUT2D eigenvalue weighted by Crippen LogP contribution is -2.61. The fourth-order valence-electron chi connectivity index (χ4n) is 8.83. The van der Waals surface area contributed by atoms with E-state index in [-0.39, 0.29) is 19.4 Å². The van der Waals surface area contributed by atoms with Crippen LogP contribution in [0.5, 0.6) is 0 Å². The molecule has 1 fully saturated rings. The van der Waals surface area contributed by atoms with Crippen molar-refractivity contribution in [3.8, 4) is 0 Å². The summed E-state index contributed by atoms with van der Waals surface area (Å²) in [7, 11) is 0. The largest absolute Gasteiger partial charge is 0.454 e. The average Bonchev–Trinajstić information content (AvgIpc) is 3.40. The molecule has 74 heavy (non-hydrogen) atoms. The van der Waals surface area contributed by atoms with E-state index in [2.05, 4.69) is 99.0 Å². The lowest BCUT2D eigenvalue weighted by Gasteiger charge is -2.41. The number of nitrogens with one attached hydrogen (secondary N) is 1. The minimum absolute atomic E-state index is 0.0908. The topological polar surface area (TPSA) is 175 Å². The van der Waals surface area contributed by atoms with Gasteiger partial charge in [-0.3, -0.25) is 9.59 Å². The first-order chi connectivity index (χ1) is 36.2. The molecule has 0 bridgehead atoms. The highest BCUT2D eigenvalue weighted by atomic mass is 16.7. The molecule has 0 radical (unpaired) electrons. The molecule has 1 aliphatic heterocycles. The molecule has 11 heteroatoms. The second-order valence-corrected chi connectivity index (χ2v) is 20.4. The lowest BCUT2D eigenvalue weighted by molar-refractivity contribution is -0.305. The number of aliphatic hydroxyl groups excluding tert-OH is 5. The van der Waals surface area contributed by atoms with E-state index in [1.165, 1.54) is 89.9 Å². The van der Waals surface area contributed by atoms with Gasteiger partial charge in [-0.25, -0.2) is 0 Å². The standard InChI is InChI=1S/C63H109NO10/c1-4-7-10-13-16-19-22-24-25-26-27-28-29-30-31-32-33-34-36-39-42-45-48-51-58(68)74-61-60(70)59(69)57(52-65)73-63(61)72-53-54(55(66)49-46-43-40-38-35-23-20-17-14-11-8-5-2)64-62(71)56(67)50-47-44-41-37-21-18-15-12-9-6-3/h7,10,16,19,24-25,27-28,30-31,33-34,46,49,54-57,59-61,63,65-67,69-70H,4-6,8-9,11-15,17-18,20-23,26,29,32,35-45,47-48,50-53H2,1-3H3,(H,64,71)/b10-7-,19-16-,25-24-,28-27-,31-30-,34-33-,49-46+. The molecule has 1 heterocycles. The smallest absolute Gasteiger partial charge is 0.306 e. The Morgan fingerprint density at radius 1 is 0.541 bits per heavy atom. The highest BCUT2D eigenvalue weighted by molar-refractivity contribution is 5.80. The van der Waals surface area contributed by atoms with Crippen LogP contribution in [0.15, 0.2) is 85.1 Å². The fraction of sp³-hybridized carbons (Fsp3) is 0.746. The molecule has 8 unspecified atom stereocenters. The first-order valence-electron chi connectivity index (χ1n) is 29.9. The first-order valence-corrected chi connectivity index (χ1v) is 29.9. The highest BCUT2D eigenvalue weighted by Crippen LogP contribution is 2.26. The Morgan fingerprint density at radius 2 is 0.973 bits per heavy atom. The van der Waals surface area contributed by atoms with Gasteiger partial charge in [-0.15, -0.1) is 0 Å². The number of esters is 1. The van der Waals surface area contributed by atoms with Crippen LogP contribution in [-0.2, 0) is 23.8 Å². The maximum Gasteiger partial charge on any atom is 0.306 e. The number of amides is 1. The summed E-state index contributed by atoms with van der Waals surface area (Å²) in [5.74, 6) is -1.22. The van der Waals surface area contributed by atoms with Gasteiger partial charge in [0.2, 0.25) is 5.91 Å². The fourth-order valence-corrected chi connectivity index (χ4v) is 8.83. The molecule has 6 N–H and O–H groups in total.